The Labute approximate surface area is 102 Å². The number of rotatable bonds is 2. The van der Waals surface area contributed by atoms with E-state index >= 15 is 0 Å². The van der Waals surface area contributed by atoms with E-state index in [1.807, 2.05) is 12.1 Å². The van der Waals surface area contributed by atoms with Gasteiger partial charge in [-0.3, -0.25) is 0 Å². The van der Waals surface area contributed by atoms with Crippen molar-refractivity contribution in [1.29, 1.82) is 0 Å². The molecule has 1 aliphatic heterocycles. The highest BCUT2D eigenvalue weighted by Gasteiger charge is 2.23. The van der Waals surface area contributed by atoms with E-state index in [0.29, 0.717) is 16.9 Å². The van der Waals surface area contributed by atoms with E-state index in [1.54, 1.807) is 6.07 Å². The minimum atomic E-state index is 0.259. The van der Waals surface area contributed by atoms with E-state index in [1.165, 1.54) is 12.8 Å². The summed E-state index contributed by atoms with van der Waals surface area (Å²) in [6, 6.07) is 5.62. The van der Waals surface area contributed by atoms with E-state index in [2.05, 4.69) is 12.2 Å². The second kappa shape index (κ2) is 5.07. The van der Waals surface area contributed by atoms with Gasteiger partial charge in [-0.2, -0.15) is 0 Å². The van der Waals surface area contributed by atoms with Gasteiger partial charge in [-0.15, -0.1) is 0 Å². The second-order valence-corrected chi connectivity index (χ2v) is 4.96. The Morgan fingerprint density at radius 1 is 1.38 bits per heavy atom. The summed E-state index contributed by atoms with van der Waals surface area (Å²) in [5, 5.41) is 13.8. The monoisotopic (exact) mass is 239 g/mol. The van der Waals surface area contributed by atoms with Crippen molar-refractivity contribution in [2.75, 3.05) is 13.1 Å². The molecule has 1 aromatic rings. The first-order valence-electron chi connectivity index (χ1n) is 5.88. The molecular weight excluding hydrogens is 222 g/mol. The van der Waals surface area contributed by atoms with E-state index in [-0.39, 0.29) is 5.75 Å². The predicted octanol–water partition coefficient (Wildman–Crippen LogP) is 3.15. The van der Waals surface area contributed by atoms with Crippen LogP contribution in [-0.2, 0) is 0 Å². The quantitative estimate of drug-likeness (QED) is 0.831. The van der Waals surface area contributed by atoms with Crippen molar-refractivity contribution in [3.05, 3.63) is 28.8 Å². The standard InChI is InChI=1S/C13H18ClNO/c1-9(10-5-7-15-8-6-10)11-3-2-4-12(14)13(11)16/h2-4,9-10,15-16H,5-8H2,1H3. The molecule has 1 atom stereocenters. The fraction of sp³-hybridized carbons (Fsp3) is 0.538. The van der Waals surface area contributed by atoms with Crippen molar-refractivity contribution in [3.63, 3.8) is 0 Å². The summed E-state index contributed by atoms with van der Waals surface area (Å²) in [4.78, 5) is 0. The first-order chi connectivity index (χ1) is 7.70. The zero-order valence-electron chi connectivity index (χ0n) is 9.54. The lowest BCUT2D eigenvalue weighted by molar-refractivity contribution is 0.324. The minimum absolute atomic E-state index is 0.259. The molecule has 2 rings (SSSR count). The smallest absolute Gasteiger partial charge is 0.137 e. The summed E-state index contributed by atoms with van der Waals surface area (Å²) >= 11 is 5.93. The number of aromatic hydroxyl groups is 1. The van der Waals surface area contributed by atoms with Crippen LogP contribution in [0.15, 0.2) is 18.2 Å². The molecule has 0 bridgehead atoms. The number of nitrogens with one attached hydrogen (secondary N) is 1. The van der Waals surface area contributed by atoms with Gasteiger partial charge in [0.05, 0.1) is 5.02 Å². The van der Waals surface area contributed by atoms with Crippen molar-refractivity contribution in [2.24, 2.45) is 5.92 Å². The van der Waals surface area contributed by atoms with Gasteiger partial charge in [-0.25, -0.2) is 0 Å². The van der Waals surface area contributed by atoms with Crippen molar-refractivity contribution in [3.8, 4) is 5.75 Å². The Bertz CT molecular complexity index is 361. The molecule has 0 radical (unpaired) electrons. The summed E-state index contributed by atoms with van der Waals surface area (Å²) < 4.78 is 0. The number of benzene rings is 1. The number of piperidine rings is 1. The predicted molar refractivity (Wildman–Crippen MR) is 67.1 cm³/mol. The molecule has 1 saturated heterocycles. The number of hydrogen-bond acceptors (Lipinski definition) is 2. The molecule has 0 amide bonds. The Hall–Kier alpha value is -0.730. The van der Waals surface area contributed by atoms with Crippen LogP contribution in [0.4, 0.5) is 0 Å². The maximum Gasteiger partial charge on any atom is 0.137 e. The van der Waals surface area contributed by atoms with Crippen LogP contribution in [0.25, 0.3) is 0 Å². The van der Waals surface area contributed by atoms with Crippen LogP contribution in [0.5, 0.6) is 5.75 Å². The molecule has 2 N–H and O–H groups in total. The molecule has 0 aromatic heterocycles. The van der Waals surface area contributed by atoms with E-state index in [9.17, 15) is 5.11 Å². The molecule has 1 aliphatic rings. The van der Waals surface area contributed by atoms with Crippen LogP contribution in [0, 0.1) is 5.92 Å². The van der Waals surface area contributed by atoms with E-state index in [4.69, 9.17) is 11.6 Å². The van der Waals surface area contributed by atoms with Gasteiger partial charge in [-0.05, 0) is 49.4 Å². The molecule has 1 unspecified atom stereocenters. The van der Waals surface area contributed by atoms with Crippen molar-refractivity contribution in [2.45, 2.75) is 25.7 Å². The average molecular weight is 240 g/mol. The first kappa shape index (κ1) is 11.7. The number of hydrogen-bond donors (Lipinski definition) is 2. The zero-order valence-corrected chi connectivity index (χ0v) is 10.3. The molecule has 1 heterocycles. The lowest BCUT2D eigenvalue weighted by Gasteiger charge is -2.29. The van der Waals surface area contributed by atoms with Crippen LogP contribution in [-0.4, -0.2) is 18.2 Å². The third kappa shape index (κ3) is 2.33. The summed E-state index contributed by atoms with van der Waals surface area (Å²) in [7, 11) is 0. The SMILES string of the molecule is CC(c1cccc(Cl)c1O)C1CCNCC1. The summed E-state index contributed by atoms with van der Waals surface area (Å²) in [6.45, 7) is 4.34. The largest absolute Gasteiger partial charge is 0.506 e. The Morgan fingerprint density at radius 3 is 2.75 bits per heavy atom. The second-order valence-electron chi connectivity index (χ2n) is 4.55. The van der Waals surface area contributed by atoms with Crippen LogP contribution < -0.4 is 5.32 Å². The van der Waals surface area contributed by atoms with Crippen LogP contribution >= 0.6 is 11.6 Å². The molecule has 2 nitrogen and oxygen atoms in total. The summed E-state index contributed by atoms with van der Waals surface area (Å²) in [5.41, 5.74) is 0.986. The zero-order chi connectivity index (χ0) is 11.5. The fourth-order valence-corrected chi connectivity index (χ4v) is 2.68. The van der Waals surface area contributed by atoms with Crippen molar-refractivity contribution >= 4 is 11.6 Å². The third-order valence-electron chi connectivity index (χ3n) is 3.60. The minimum Gasteiger partial charge on any atom is -0.506 e. The highest BCUT2D eigenvalue weighted by atomic mass is 35.5. The first-order valence-corrected chi connectivity index (χ1v) is 6.26. The van der Waals surface area contributed by atoms with Gasteiger partial charge < -0.3 is 10.4 Å². The Kier molecular flexibility index (Phi) is 3.72. The fourth-order valence-electron chi connectivity index (χ4n) is 2.50. The van der Waals surface area contributed by atoms with Gasteiger partial charge in [0.15, 0.2) is 0 Å². The highest BCUT2D eigenvalue weighted by molar-refractivity contribution is 6.32. The maximum atomic E-state index is 9.95. The van der Waals surface area contributed by atoms with Gasteiger partial charge in [0.1, 0.15) is 5.75 Å². The normalized spacial score (nSPS) is 19.6. The van der Waals surface area contributed by atoms with Crippen LogP contribution in [0.1, 0.15) is 31.2 Å². The van der Waals surface area contributed by atoms with Gasteiger partial charge in [-0.1, -0.05) is 30.7 Å². The number of phenols is 1. The number of para-hydroxylation sites is 1. The molecule has 0 saturated carbocycles. The molecule has 0 spiro atoms. The van der Waals surface area contributed by atoms with Gasteiger partial charge in [0, 0.05) is 0 Å². The summed E-state index contributed by atoms with van der Waals surface area (Å²) in [6.07, 6.45) is 2.35. The lowest BCUT2D eigenvalue weighted by atomic mass is 9.81. The van der Waals surface area contributed by atoms with Gasteiger partial charge in [0.2, 0.25) is 0 Å². The van der Waals surface area contributed by atoms with Crippen LogP contribution in [0.2, 0.25) is 5.02 Å². The lowest BCUT2D eigenvalue weighted by Crippen LogP contribution is -2.30. The number of phenolic OH excluding ortho intramolecular Hbond substituents is 1. The Morgan fingerprint density at radius 2 is 2.06 bits per heavy atom. The third-order valence-corrected chi connectivity index (χ3v) is 3.90. The molecule has 1 fully saturated rings. The van der Waals surface area contributed by atoms with E-state index in [0.717, 1.165) is 18.7 Å². The molecule has 3 heteroatoms. The summed E-state index contributed by atoms with van der Waals surface area (Å²) in [5.74, 6) is 1.28. The Balaban J connectivity index is 2.19. The van der Waals surface area contributed by atoms with Gasteiger partial charge >= 0.3 is 0 Å². The molecule has 0 aliphatic carbocycles. The molecule has 88 valence electrons. The molecule has 1 aromatic carbocycles. The average Bonchev–Trinajstić information content (AvgIpc) is 2.33. The topological polar surface area (TPSA) is 32.3 Å². The van der Waals surface area contributed by atoms with Crippen molar-refractivity contribution < 1.29 is 5.11 Å². The van der Waals surface area contributed by atoms with Crippen molar-refractivity contribution in [1.82, 2.24) is 5.32 Å². The van der Waals surface area contributed by atoms with Crippen LogP contribution in [0.3, 0.4) is 0 Å². The molecule has 16 heavy (non-hydrogen) atoms. The van der Waals surface area contributed by atoms with E-state index < -0.39 is 0 Å². The highest BCUT2D eigenvalue weighted by Crippen LogP contribution is 2.38. The molecular formula is C13H18ClNO. The number of halogens is 1. The van der Waals surface area contributed by atoms with Gasteiger partial charge in [0.25, 0.3) is 0 Å². The maximum absolute atomic E-state index is 9.95.